The third kappa shape index (κ3) is 1.78. The lowest BCUT2D eigenvalue weighted by Gasteiger charge is -2.34. The molecule has 0 aliphatic carbocycles. The van der Waals surface area contributed by atoms with Crippen LogP contribution in [0.2, 0.25) is 0 Å². The van der Waals surface area contributed by atoms with Crippen molar-refractivity contribution in [3.63, 3.8) is 0 Å². The lowest BCUT2D eigenvalue weighted by molar-refractivity contribution is 0.137. The van der Waals surface area contributed by atoms with Gasteiger partial charge in [-0.3, -0.25) is 0 Å². The summed E-state index contributed by atoms with van der Waals surface area (Å²) in [6.45, 7) is 1.45. The van der Waals surface area contributed by atoms with Crippen molar-refractivity contribution in [1.29, 1.82) is 0 Å². The van der Waals surface area contributed by atoms with E-state index in [1.54, 1.807) is 4.90 Å². The van der Waals surface area contributed by atoms with Crippen molar-refractivity contribution in [1.82, 2.24) is 4.90 Å². The van der Waals surface area contributed by atoms with Crippen molar-refractivity contribution in [3.8, 4) is 0 Å². The zero-order valence-electron chi connectivity index (χ0n) is 9.21. The number of nitrogens with zero attached hydrogens (tertiary/aromatic N) is 2. The fraction of sp³-hybridized carbons (Fsp3) is 0.417. The Hall–Kier alpha value is -1.23. The van der Waals surface area contributed by atoms with E-state index in [1.807, 2.05) is 12.1 Å². The Bertz CT molecular complexity index is 448. The second-order valence-corrected chi connectivity index (χ2v) is 5.52. The number of piperazine rings is 1. The normalized spacial score (nSPS) is 26.6. The molecule has 4 nitrogen and oxygen atoms in total. The van der Waals surface area contributed by atoms with E-state index in [0.29, 0.717) is 12.6 Å². The molecule has 1 aromatic rings. The third-order valence-corrected chi connectivity index (χ3v) is 4.17. The number of likely N-dealkylation sites (tertiary alicyclic amines) is 1. The quantitative estimate of drug-likeness (QED) is 0.865. The first-order valence-corrected chi connectivity index (χ1v) is 6.46. The van der Waals surface area contributed by atoms with E-state index in [1.165, 1.54) is 5.69 Å². The summed E-state index contributed by atoms with van der Waals surface area (Å²) in [5, 5.41) is 9.03. The molecule has 1 aromatic carbocycles. The van der Waals surface area contributed by atoms with Crippen molar-refractivity contribution in [2.75, 3.05) is 18.0 Å². The molecule has 1 N–H and O–H groups in total. The molecule has 2 saturated heterocycles. The van der Waals surface area contributed by atoms with Gasteiger partial charge in [0, 0.05) is 29.3 Å². The van der Waals surface area contributed by atoms with E-state index in [-0.39, 0.29) is 6.04 Å². The predicted octanol–water partition coefficient (Wildman–Crippen LogP) is 2.39. The van der Waals surface area contributed by atoms with Gasteiger partial charge in [0.2, 0.25) is 0 Å². The topological polar surface area (TPSA) is 43.8 Å². The summed E-state index contributed by atoms with van der Waals surface area (Å²) in [4.78, 5) is 14.9. The maximum Gasteiger partial charge on any atom is 0.407 e. The maximum absolute atomic E-state index is 11.0. The van der Waals surface area contributed by atoms with E-state index in [0.717, 1.165) is 17.4 Å². The standard InChI is InChI=1S/C12H13BrN2O2/c13-8-1-3-9(4-2-8)14-6-11-5-10(14)7-15(11)12(16)17/h1-4,10-11H,5-7H2,(H,16,17)/t10-,11-/m0/s1. The number of benzene rings is 1. The summed E-state index contributed by atoms with van der Waals surface area (Å²) >= 11 is 3.42. The Morgan fingerprint density at radius 2 is 1.94 bits per heavy atom. The molecule has 2 fully saturated rings. The van der Waals surface area contributed by atoms with Gasteiger partial charge in [-0.05, 0) is 30.7 Å². The van der Waals surface area contributed by atoms with Gasteiger partial charge >= 0.3 is 6.09 Å². The highest BCUT2D eigenvalue weighted by molar-refractivity contribution is 9.10. The molecule has 2 bridgehead atoms. The highest BCUT2D eigenvalue weighted by Crippen LogP contribution is 2.34. The zero-order chi connectivity index (χ0) is 12.0. The van der Waals surface area contributed by atoms with Gasteiger partial charge in [-0.15, -0.1) is 0 Å². The first kappa shape index (κ1) is 10.9. The molecule has 0 unspecified atom stereocenters. The number of hydrogen-bond donors (Lipinski definition) is 1. The molecule has 90 valence electrons. The number of amides is 1. The summed E-state index contributed by atoms with van der Waals surface area (Å²) in [6, 6.07) is 8.72. The van der Waals surface area contributed by atoms with Crippen LogP contribution in [0.1, 0.15) is 6.42 Å². The number of hydrogen-bond acceptors (Lipinski definition) is 2. The summed E-state index contributed by atoms with van der Waals surface area (Å²) < 4.78 is 1.07. The molecular weight excluding hydrogens is 284 g/mol. The molecule has 0 radical (unpaired) electrons. The molecule has 0 saturated carbocycles. The van der Waals surface area contributed by atoms with E-state index in [2.05, 4.69) is 33.0 Å². The lowest BCUT2D eigenvalue weighted by Crippen LogP contribution is -2.48. The van der Waals surface area contributed by atoms with Crippen LogP contribution in [0.4, 0.5) is 10.5 Å². The highest BCUT2D eigenvalue weighted by atomic mass is 79.9. The SMILES string of the molecule is O=C(O)N1C[C@@H]2C[C@H]1CN2c1ccc(Br)cc1. The number of rotatable bonds is 1. The first-order chi connectivity index (χ1) is 8.15. The van der Waals surface area contributed by atoms with E-state index in [9.17, 15) is 4.79 Å². The largest absolute Gasteiger partial charge is 0.465 e. The summed E-state index contributed by atoms with van der Waals surface area (Å²) in [7, 11) is 0. The minimum absolute atomic E-state index is 0.168. The van der Waals surface area contributed by atoms with Gasteiger partial charge in [-0.2, -0.15) is 0 Å². The molecule has 3 rings (SSSR count). The van der Waals surface area contributed by atoms with Gasteiger partial charge in [0.15, 0.2) is 0 Å². The van der Waals surface area contributed by atoms with Crippen LogP contribution in [-0.4, -0.2) is 41.3 Å². The number of fused-ring (bicyclic) bond motifs is 2. The van der Waals surface area contributed by atoms with Gasteiger partial charge in [0.25, 0.3) is 0 Å². The first-order valence-electron chi connectivity index (χ1n) is 5.67. The second-order valence-electron chi connectivity index (χ2n) is 4.61. The Balaban J connectivity index is 1.78. The zero-order valence-corrected chi connectivity index (χ0v) is 10.8. The van der Waals surface area contributed by atoms with Gasteiger partial charge in [-0.1, -0.05) is 15.9 Å². The van der Waals surface area contributed by atoms with Crippen LogP contribution in [0.5, 0.6) is 0 Å². The molecule has 0 aromatic heterocycles. The van der Waals surface area contributed by atoms with Crippen molar-refractivity contribution < 1.29 is 9.90 Å². The Morgan fingerprint density at radius 1 is 1.24 bits per heavy atom. The van der Waals surface area contributed by atoms with Crippen LogP contribution in [0.15, 0.2) is 28.7 Å². The average molecular weight is 297 g/mol. The number of anilines is 1. The van der Waals surface area contributed by atoms with Crippen LogP contribution in [0.3, 0.4) is 0 Å². The molecule has 2 atom stereocenters. The van der Waals surface area contributed by atoms with Gasteiger partial charge < -0.3 is 14.9 Å². The molecular formula is C12H13BrN2O2. The average Bonchev–Trinajstić information content (AvgIpc) is 2.89. The number of carbonyl (C=O) groups is 1. The lowest BCUT2D eigenvalue weighted by atomic mass is 10.2. The smallest absolute Gasteiger partial charge is 0.407 e. The van der Waals surface area contributed by atoms with Crippen LogP contribution in [0.25, 0.3) is 0 Å². The van der Waals surface area contributed by atoms with Crippen molar-refractivity contribution in [3.05, 3.63) is 28.7 Å². The molecule has 1 amide bonds. The van der Waals surface area contributed by atoms with E-state index >= 15 is 0 Å². The molecule has 2 heterocycles. The van der Waals surface area contributed by atoms with E-state index < -0.39 is 6.09 Å². The van der Waals surface area contributed by atoms with Crippen LogP contribution in [0, 0.1) is 0 Å². The van der Waals surface area contributed by atoms with Crippen LogP contribution >= 0.6 is 15.9 Å². The molecule has 17 heavy (non-hydrogen) atoms. The summed E-state index contributed by atoms with van der Waals surface area (Å²) in [5.41, 5.74) is 1.19. The predicted molar refractivity (Wildman–Crippen MR) is 68.4 cm³/mol. The van der Waals surface area contributed by atoms with Crippen molar-refractivity contribution >= 4 is 27.7 Å². The molecule has 0 spiro atoms. The second kappa shape index (κ2) is 3.91. The fourth-order valence-corrected chi connectivity index (χ4v) is 3.11. The third-order valence-electron chi connectivity index (χ3n) is 3.64. The maximum atomic E-state index is 11.0. The Kier molecular flexibility index (Phi) is 2.50. The van der Waals surface area contributed by atoms with Gasteiger partial charge in [0.05, 0.1) is 6.04 Å². The van der Waals surface area contributed by atoms with Crippen molar-refractivity contribution in [2.24, 2.45) is 0 Å². The van der Waals surface area contributed by atoms with Crippen molar-refractivity contribution in [2.45, 2.75) is 18.5 Å². The summed E-state index contributed by atoms with van der Waals surface area (Å²) in [5.74, 6) is 0. The monoisotopic (exact) mass is 296 g/mol. The Labute approximate surface area is 108 Å². The minimum atomic E-state index is -0.784. The highest BCUT2D eigenvalue weighted by Gasteiger charge is 2.45. The van der Waals surface area contributed by atoms with Gasteiger partial charge in [-0.25, -0.2) is 4.79 Å². The number of carboxylic acid groups (broad SMARTS) is 1. The number of halogens is 1. The fourth-order valence-electron chi connectivity index (χ4n) is 2.85. The minimum Gasteiger partial charge on any atom is -0.465 e. The molecule has 5 heteroatoms. The molecule has 2 aliphatic rings. The van der Waals surface area contributed by atoms with Crippen LogP contribution in [-0.2, 0) is 0 Å². The molecule has 2 aliphatic heterocycles. The summed E-state index contributed by atoms with van der Waals surface area (Å²) in [6.07, 6.45) is 0.176. The Morgan fingerprint density at radius 3 is 2.47 bits per heavy atom. The van der Waals surface area contributed by atoms with Gasteiger partial charge in [0.1, 0.15) is 0 Å². The van der Waals surface area contributed by atoms with Crippen LogP contribution < -0.4 is 4.90 Å². The van der Waals surface area contributed by atoms with E-state index in [4.69, 9.17) is 5.11 Å².